The zero-order valence-electron chi connectivity index (χ0n) is 12.5. The lowest BCUT2D eigenvalue weighted by Crippen LogP contribution is -2.23. The highest BCUT2D eigenvalue weighted by Crippen LogP contribution is 2.34. The van der Waals surface area contributed by atoms with Crippen LogP contribution in [-0.2, 0) is 23.3 Å². The van der Waals surface area contributed by atoms with E-state index in [2.05, 4.69) is 33.0 Å². The van der Waals surface area contributed by atoms with Gasteiger partial charge in [-0.3, -0.25) is 0 Å². The number of hydrogen-bond acceptors (Lipinski definition) is 4. The highest BCUT2D eigenvalue weighted by atomic mass is 32.1. The van der Waals surface area contributed by atoms with E-state index in [1.807, 2.05) is 7.05 Å². The predicted molar refractivity (Wildman–Crippen MR) is 78.1 cm³/mol. The molecule has 1 unspecified atom stereocenters. The summed E-state index contributed by atoms with van der Waals surface area (Å²) in [7, 11) is 3.75. The van der Waals surface area contributed by atoms with Gasteiger partial charge in [-0.1, -0.05) is 20.8 Å². The van der Waals surface area contributed by atoms with Crippen molar-refractivity contribution >= 4 is 11.3 Å². The molecule has 0 saturated heterocycles. The SMILES string of the molecule is CCC(C)(OC)c1nc(CC(C)C)c(CNC)s1. The van der Waals surface area contributed by atoms with E-state index < -0.39 is 0 Å². The van der Waals surface area contributed by atoms with Crippen molar-refractivity contribution < 1.29 is 4.74 Å². The highest BCUT2D eigenvalue weighted by molar-refractivity contribution is 7.11. The largest absolute Gasteiger partial charge is 0.371 e. The van der Waals surface area contributed by atoms with Crippen LogP contribution in [0.2, 0.25) is 0 Å². The minimum atomic E-state index is -0.248. The Morgan fingerprint density at radius 1 is 1.44 bits per heavy atom. The van der Waals surface area contributed by atoms with E-state index in [1.54, 1.807) is 18.4 Å². The number of hydrogen-bond donors (Lipinski definition) is 1. The second-order valence-corrected chi connectivity index (χ2v) is 6.39. The molecule has 0 radical (unpaired) electrons. The average molecular weight is 270 g/mol. The monoisotopic (exact) mass is 270 g/mol. The molecular formula is C14H26N2OS. The van der Waals surface area contributed by atoms with Gasteiger partial charge < -0.3 is 10.1 Å². The number of rotatable bonds is 7. The highest BCUT2D eigenvalue weighted by Gasteiger charge is 2.29. The van der Waals surface area contributed by atoms with Crippen molar-refractivity contribution in [2.45, 2.75) is 52.7 Å². The summed E-state index contributed by atoms with van der Waals surface area (Å²) in [6, 6.07) is 0. The molecule has 1 N–H and O–H groups in total. The first-order valence-corrected chi connectivity index (χ1v) is 7.47. The van der Waals surface area contributed by atoms with Gasteiger partial charge in [-0.25, -0.2) is 4.98 Å². The van der Waals surface area contributed by atoms with Gasteiger partial charge in [0.15, 0.2) is 0 Å². The van der Waals surface area contributed by atoms with Gasteiger partial charge in [-0.05, 0) is 32.7 Å². The molecule has 1 heterocycles. The number of thiazole rings is 1. The molecule has 1 aromatic rings. The number of methoxy groups -OCH3 is 1. The summed E-state index contributed by atoms with van der Waals surface area (Å²) in [5, 5.41) is 4.33. The fourth-order valence-electron chi connectivity index (χ4n) is 1.84. The first-order chi connectivity index (χ1) is 8.46. The molecular weight excluding hydrogens is 244 g/mol. The molecule has 0 aliphatic heterocycles. The van der Waals surface area contributed by atoms with Crippen LogP contribution in [0.15, 0.2) is 0 Å². The van der Waals surface area contributed by atoms with E-state index in [-0.39, 0.29) is 5.60 Å². The summed E-state index contributed by atoms with van der Waals surface area (Å²) in [5.41, 5.74) is 0.985. The van der Waals surface area contributed by atoms with Crippen molar-refractivity contribution in [3.8, 4) is 0 Å². The van der Waals surface area contributed by atoms with Crippen molar-refractivity contribution in [1.82, 2.24) is 10.3 Å². The lowest BCUT2D eigenvalue weighted by atomic mass is 10.0. The van der Waals surface area contributed by atoms with Crippen LogP contribution >= 0.6 is 11.3 Å². The van der Waals surface area contributed by atoms with Gasteiger partial charge in [0, 0.05) is 18.5 Å². The first-order valence-electron chi connectivity index (χ1n) is 6.65. The standard InChI is InChI=1S/C14H26N2OS/c1-7-14(4,17-6)13-16-11(8-10(2)3)12(18-13)9-15-5/h10,15H,7-9H2,1-6H3. The van der Waals surface area contributed by atoms with Crippen LogP contribution in [0.1, 0.15) is 49.7 Å². The van der Waals surface area contributed by atoms with Gasteiger partial charge >= 0.3 is 0 Å². The maximum atomic E-state index is 5.65. The average Bonchev–Trinajstić information content (AvgIpc) is 2.72. The third kappa shape index (κ3) is 3.53. The molecule has 0 saturated carbocycles. The Morgan fingerprint density at radius 3 is 2.56 bits per heavy atom. The van der Waals surface area contributed by atoms with Crippen molar-refractivity contribution in [2.24, 2.45) is 5.92 Å². The number of aromatic nitrogens is 1. The Hall–Kier alpha value is -0.450. The third-order valence-corrected chi connectivity index (χ3v) is 4.64. The molecule has 0 amide bonds. The normalized spacial score (nSPS) is 15.1. The van der Waals surface area contributed by atoms with Crippen LogP contribution in [-0.4, -0.2) is 19.1 Å². The molecule has 104 valence electrons. The summed E-state index contributed by atoms with van der Waals surface area (Å²) >= 11 is 1.78. The van der Waals surface area contributed by atoms with Gasteiger partial charge in [0.2, 0.25) is 0 Å². The quantitative estimate of drug-likeness (QED) is 0.825. The first kappa shape index (κ1) is 15.6. The zero-order valence-corrected chi connectivity index (χ0v) is 13.3. The van der Waals surface area contributed by atoms with Crippen LogP contribution in [0.3, 0.4) is 0 Å². The van der Waals surface area contributed by atoms with Crippen LogP contribution in [0, 0.1) is 5.92 Å². The molecule has 1 rings (SSSR count). The lowest BCUT2D eigenvalue weighted by Gasteiger charge is -2.23. The Balaban J connectivity index is 3.08. The summed E-state index contributed by atoms with van der Waals surface area (Å²) in [4.78, 5) is 6.18. The van der Waals surface area contributed by atoms with Crippen LogP contribution < -0.4 is 5.32 Å². The molecule has 0 aromatic carbocycles. The van der Waals surface area contributed by atoms with E-state index >= 15 is 0 Å². The molecule has 0 aliphatic carbocycles. The van der Waals surface area contributed by atoms with Crippen molar-refractivity contribution in [2.75, 3.05) is 14.2 Å². The number of ether oxygens (including phenoxy) is 1. The lowest BCUT2D eigenvalue weighted by molar-refractivity contribution is -0.00168. The van der Waals surface area contributed by atoms with Crippen molar-refractivity contribution in [1.29, 1.82) is 0 Å². The molecule has 0 fully saturated rings. The van der Waals surface area contributed by atoms with Gasteiger partial charge in [-0.15, -0.1) is 11.3 Å². The van der Waals surface area contributed by atoms with Gasteiger partial charge in [0.25, 0.3) is 0 Å². The van der Waals surface area contributed by atoms with Crippen LogP contribution in [0.25, 0.3) is 0 Å². The summed E-state index contributed by atoms with van der Waals surface area (Å²) in [6.45, 7) is 9.62. The summed E-state index contributed by atoms with van der Waals surface area (Å²) in [6.07, 6.45) is 1.98. The van der Waals surface area contributed by atoms with E-state index in [9.17, 15) is 0 Å². The molecule has 0 aliphatic rings. The fourth-order valence-corrected chi connectivity index (χ4v) is 3.13. The number of nitrogens with zero attached hydrogens (tertiary/aromatic N) is 1. The van der Waals surface area contributed by atoms with E-state index in [0.717, 1.165) is 24.4 Å². The smallest absolute Gasteiger partial charge is 0.125 e. The summed E-state index contributed by atoms with van der Waals surface area (Å²) in [5.74, 6) is 0.631. The van der Waals surface area contributed by atoms with Crippen LogP contribution in [0.5, 0.6) is 0 Å². The Labute approximate surface area is 115 Å². The molecule has 4 heteroatoms. The topological polar surface area (TPSA) is 34.1 Å². The van der Waals surface area contributed by atoms with Crippen molar-refractivity contribution in [3.63, 3.8) is 0 Å². The molecule has 1 aromatic heterocycles. The maximum absolute atomic E-state index is 5.65. The Bertz CT molecular complexity index is 370. The fraction of sp³-hybridized carbons (Fsp3) is 0.786. The predicted octanol–water partition coefficient (Wildman–Crippen LogP) is 3.33. The maximum Gasteiger partial charge on any atom is 0.125 e. The molecule has 3 nitrogen and oxygen atoms in total. The Kier molecular flexibility index (Phi) is 5.76. The second kappa shape index (κ2) is 6.64. The zero-order chi connectivity index (χ0) is 13.8. The van der Waals surface area contributed by atoms with Gasteiger partial charge in [0.05, 0.1) is 5.69 Å². The minimum absolute atomic E-state index is 0.248. The minimum Gasteiger partial charge on any atom is -0.371 e. The van der Waals surface area contributed by atoms with Crippen LogP contribution in [0.4, 0.5) is 0 Å². The Morgan fingerprint density at radius 2 is 2.11 bits per heavy atom. The molecule has 18 heavy (non-hydrogen) atoms. The van der Waals surface area contributed by atoms with E-state index in [1.165, 1.54) is 10.6 Å². The number of nitrogens with one attached hydrogen (secondary N) is 1. The molecule has 1 atom stereocenters. The summed E-state index contributed by atoms with van der Waals surface area (Å²) < 4.78 is 5.65. The van der Waals surface area contributed by atoms with Crippen molar-refractivity contribution in [3.05, 3.63) is 15.6 Å². The van der Waals surface area contributed by atoms with Gasteiger partial charge in [-0.2, -0.15) is 0 Å². The second-order valence-electron chi connectivity index (χ2n) is 5.31. The van der Waals surface area contributed by atoms with Gasteiger partial charge in [0.1, 0.15) is 10.6 Å². The molecule has 0 spiro atoms. The van der Waals surface area contributed by atoms with E-state index in [4.69, 9.17) is 9.72 Å². The third-order valence-electron chi connectivity index (χ3n) is 3.29. The van der Waals surface area contributed by atoms with E-state index in [0.29, 0.717) is 5.92 Å². The molecule has 0 bridgehead atoms.